The van der Waals surface area contributed by atoms with E-state index in [2.05, 4.69) is 24.9 Å². The van der Waals surface area contributed by atoms with Crippen LogP contribution < -0.4 is 5.32 Å². The van der Waals surface area contributed by atoms with Crippen molar-refractivity contribution >= 4 is 12.6 Å². The molecule has 0 aliphatic heterocycles. The molecule has 1 saturated carbocycles. The van der Waals surface area contributed by atoms with Crippen molar-refractivity contribution in [1.82, 2.24) is 5.32 Å². The predicted molar refractivity (Wildman–Crippen MR) is 43.8 cm³/mol. The number of hydrogen-bond acceptors (Lipinski definition) is 2. The van der Waals surface area contributed by atoms with Gasteiger partial charge in [0.25, 0.3) is 0 Å². The van der Waals surface area contributed by atoms with Crippen molar-refractivity contribution in [3.05, 3.63) is 0 Å². The van der Waals surface area contributed by atoms with Gasteiger partial charge in [-0.3, -0.25) is 0 Å². The average Bonchev–Trinajstić information content (AvgIpc) is 2.15. The molecule has 0 radical (unpaired) electrons. The summed E-state index contributed by atoms with van der Waals surface area (Å²) in [7, 11) is 0. The maximum atomic E-state index is 4.26. The molecule has 1 N–H and O–H groups in total. The van der Waals surface area contributed by atoms with Crippen LogP contribution in [-0.2, 0) is 0 Å². The summed E-state index contributed by atoms with van der Waals surface area (Å²) in [4.78, 5) is 0. The van der Waals surface area contributed by atoms with E-state index < -0.39 is 0 Å². The normalized spacial score (nSPS) is 24.7. The Morgan fingerprint density at radius 3 is 2.44 bits per heavy atom. The second kappa shape index (κ2) is 3.47. The van der Waals surface area contributed by atoms with Crippen LogP contribution in [0, 0.1) is 0 Å². The molecule has 54 valence electrons. The molecule has 0 heterocycles. The first-order valence-electron chi connectivity index (χ1n) is 3.73. The Morgan fingerprint density at radius 2 is 2.00 bits per heavy atom. The predicted octanol–water partition coefficient (Wildman–Crippen LogP) is 1.79. The summed E-state index contributed by atoms with van der Waals surface area (Å²) in [6, 6.07) is 0.762. The second-order valence-electron chi connectivity index (χ2n) is 2.82. The molecule has 1 unspecified atom stereocenters. The highest BCUT2D eigenvalue weighted by Crippen LogP contribution is 2.18. The second-order valence-corrected chi connectivity index (χ2v) is 3.60. The third-order valence-corrected chi connectivity index (χ3v) is 1.98. The lowest BCUT2D eigenvalue weighted by Crippen LogP contribution is -2.30. The van der Waals surface area contributed by atoms with Gasteiger partial charge < -0.3 is 5.32 Å². The zero-order valence-corrected chi connectivity index (χ0v) is 6.82. The number of rotatable bonds is 2. The first-order valence-corrected chi connectivity index (χ1v) is 4.25. The lowest BCUT2D eigenvalue weighted by atomic mass is 10.2. The largest absolute Gasteiger partial charge is 0.303 e. The fourth-order valence-electron chi connectivity index (χ4n) is 1.43. The zero-order valence-electron chi connectivity index (χ0n) is 5.93. The molecule has 0 aromatic carbocycles. The quantitative estimate of drug-likeness (QED) is 0.446. The van der Waals surface area contributed by atoms with Crippen molar-refractivity contribution < 1.29 is 0 Å². The highest BCUT2D eigenvalue weighted by Gasteiger charge is 2.14. The summed E-state index contributed by atoms with van der Waals surface area (Å²) < 4.78 is 0. The van der Waals surface area contributed by atoms with E-state index in [-0.39, 0.29) is 0 Å². The molecule has 1 rings (SSSR count). The lowest BCUT2D eigenvalue weighted by molar-refractivity contribution is 0.524. The summed E-state index contributed by atoms with van der Waals surface area (Å²) >= 11 is 4.26. The first kappa shape index (κ1) is 7.42. The van der Waals surface area contributed by atoms with Gasteiger partial charge in [0, 0.05) is 11.4 Å². The standard InChI is InChI=1S/C7H15NS/c1-6(9)8-7-4-2-3-5-7/h6-9H,2-5H2,1H3. The van der Waals surface area contributed by atoms with Crippen LogP contribution in [-0.4, -0.2) is 11.4 Å². The lowest BCUT2D eigenvalue weighted by Gasteiger charge is -2.13. The molecule has 0 bridgehead atoms. The number of hydrogen-bond donors (Lipinski definition) is 2. The number of nitrogens with one attached hydrogen (secondary N) is 1. The van der Waals surface area contributed by atoms with Crippen LogP contribution in [0.2, 0.25) is 0 Å². The Bertz CT molecular complexity index is 77.0. The Kier molecular flexibility index (Phi) is 2.86. The molecule has 1 atom stereocenters. The van der Waals surface area contributed by atoms with E-state index >= 15 is 0 Å². The summed E-state index contributed by atoms with van der Waals surface area (Å²) in [6.07, 6.45) is 5.51. The van der Waals surface area contributed by atoms with Crippen LogP contribution in [0.1, 0.15) is 32.6 Å². The molecule has 0 aromatic rings. The minimum Gasteiger partial charge on any atom is -0.303 e. The van der Waals surface area contributed by atoms with Gasteiger partial charge in [0.15, 0.2) is 0 Å². The molecule has 1 nitrogen and oxygen atoms in total. The van der Waals surface area contributed by atoms with Crippen LogP contribution in [0.3, 0.4) is 0 Å². The molecule has 9 heavy (non-hydrogen) atoms. The molecular formula is C7H15NS. The molecule has 1 fully saturated rings. The van der Waals surface area contributed by atoms with Crippen molar-refractivity contribution in [2.75, 3.05) is 0 Å². The van der Waals surface area contributed by atoms with Crippen LogP contribution in [0.4, 0.5) is 0 Å². The maximum Gasteiger partial charge on any atom is 0.0475 e. The summed E-state index contributed by atoms with van der Waals surface area (Å²) in [5.41, 5.74) is 0. The van der Waals surface area contributed by atoms with Gasteiger partial charge in [0.05, 0.1) is 0 Å². The van der Waals surface area contributed by atoms with Gasteiger partial charge in [-0.05, 0) is 19.8 Å². The molecule has 0 saturated heterocycles. The smallest absolute Gasteiger partial charge is 0.0475 e. The minimum absolute atomic E-state index is 0.369. The Hall–Kier alpha value is 0.310. The van der Waals surface area contributed by atoms with Crippen molar-refractivity contribution in [3.8, 4) is 0 Å². The zero-order chi connectivity index (χ0) is 6.69. The van der Waals surface area contributed by atoms with Gasteiger partial charge in [-0.2, -0.15) is 12.6 Å². The van der Waals surface area contributed by atoms with Crippen LogP contribution in [0.25, 0.3) is 0 Å². The van der Waals surface area contributed by atoms with Crippen molar-refractivity contribution in [2.45, 2.75) is 44.0 Å². The highest BCUT2D eigenvalue weighted by atomic mass is 32.1. The van der Waals surface area contributed by atoms with E-state index in [1.165, 1.54) is 25.7 Å². The molecule has 1 aliphatic carbocycles. The average molecular weight is 145 g/mol. The molecule has 0 aromatic heterocycles. The van der Waals surface area contributed by atoms with Crippen molar-refractivity contribution in [2.24, 2.45) is 0 Å². The SMILES string of the molecule is CC(S)NC1CCCC1. The Balaban J connectivity index is 2.11. The minimum atomic E-state index is 0.369. The Labute approximate surface area is 62.6 Å². The molecule has 0 spiro atoms. The van der Waals surface area contributed by atoms with Crippen LogP contribution >= 0.6 is 12.6 Å². The van der Waals surface area contributed by atoms with Crippen LogP contribution in [0.15, 0.2) is 0 Å². The topological polar surface area (TPSA) is 12.0 Å². The van der Waals surface area contributed by atoms with E-state index in [0.717, 1.165) is 6.04 Å². The molecule has 0 amide bonds. The fraction of sp³-hybridized carbons (Fsp3) is 1.00. The van der Waals surface area contributed by atoms with Gasteiger partial charge in [-0.15, -0.1) is 0 Å². The van der Waals surface area contributed by atoms with Crippen molar-refractivity contribution in [3.63, 3.8) is 0 Å². The van der Waals surface area contributed by atoms with Gasteiger partial charge in [0.2, 0.25) is 0 Å². The van der Waals surface area contributed by atoms with Gasteiger partial charge in [-0.1, -0.05) is 12.8 Å². The first-order chi connectivity index (χ1) is 4.29. The van der Waals surface area contributed by atoms with E-state index in [1.54, 1.807) is 0 Å². The highest BCUT2D eigenvalue weighted by molar-refractivity contribution is 7.80. The van der Waals surface area contributed by atoms with E-state index in [9.17, 15) is 0 Å². The summed E-state index contributed by atoms with van der Waals surface area (Å²) in [6.45, 7) is 2.08. The Morgan fingerprint density at radius 1 is 1.44 bits per heavy atom. The summed E-state index contributed by atoms with van der Waals surface area (Å²) in [5, 5.41) is 3.77. The van der Waals surface area contributed by atoms with Gasteiger partial charge in [0.1, 0.15) is 0 Å². The summed E-state index contributed by atoms with van der Waals surface area (Å²) in [5.74, 6) is 0. The molecule has 2 heteroatoms. The molecular weight excluding hydrogens is 130 g/mol. The van der Waals surface area contributed by atoms with E-state index in [1.807, 2.05) is 0 Å². The third-order valence-electron chi connectivity index (χ3n) is 1.83. The monoisotopic (exact) mass is 145 g/mol. The number of thiol groups is 1. The van der Waals surface area contributed by atoms with E-state index in [4.69, 9.17) is 0 Å². The van der Waals surface area contributed by atoms with Crippen LogP contribution in [0.5, 0.6) is 0 Å². The van der Waals surface area contributed by atoms with E-state index in [0.29, 0.717) is 5.37 Å². The maximum absolute atomic E-state index is 4.26. The molecule has 1 aliphatic rings. The van der Waals surface area contributed by atoms with Gasteiger partial charge >= 0.3 is 0 Å². The van der Waals surface area contributed by atoms with Crippen molar-refractivity contribution in [1.29, 1.82) is 0 Å². The van der Waals surface area contributed by atoms with Gasteiger partial charge in [-0.25, -0.2) is 0 Å². The third kappa shape index (κ3) is 2.59. The fourth-order valence-corrected chi connectivity index (χ4v) is 1.64.